The summed E-state index contributed by atoms with van der Waals surface area (Å²) < 4.78 is 0. The number of hydrogen-bond acceptors (Lipinski definition) is 4. The van der Waals surface area contributed by atoms with Crippen molar-refractivity contribution in [3.63, 3.8) is 0 Å². The molecule has 1 aliphatic rings. The van der Waals surface area contributed by atoms with Crippen LogP contribution in [0.3, 0.4) is 0 Å². The zero-order valence-corrected chi connectivity index (χ0v) is 16.2. The Morgan fingerprint density at radius 2 is 1.77 bits per heavy atom. The number of piperazine rings is 1. The van der Waals surface area contributed by atoms with Gasteiger partial charge in [0.05, 0.1) is 0 Å². The van der Waals surface area contributed by atoms with Gasteiger partial charge in [-0.25, -0.2) is 9.97 Å². The van der Waals surface area contributed by atoms with Crippen molar-refractivity contribution in [2.24, 2.45) is 0 Å². The molecule has 1 aliphatic heterocycles. The quantitative estimate of drug-likeness (QED) is 0.757. The molecule has 26 heavy (non-hydrogen) atoms. The Morgan fingerprint density at radius 3 is 2.42 bits per heavy atom. The van der Waals surface area contributed by atoms with Crippen molar-refractivity contribution < 1.29 is 4.79 Å². The maximum atomic E-state index is 12.1. The molecule has 0 atom stereocenters. The molecule has 0 bridgehead atoms. The summed E-state index contributed by atoms with van der Waals surface area (Å²) >= 11 is 5.70. The number of anilines is 1. The van der Waals surface area contributed by atoms with Crippen molar-refractivity contribution in [1.82, 2.24) is 14.9 Å². The molecule has 0 aliphatic carbocycles. The van der Waals surface area contributed by atoms with Crippen molar-refractivity contribution in [3.05, 3.63) is 53.0 Å². The second-order valence-electron chi connectivity index (χ2n) is 6.63. The third kappa shape index (κ3) is 4.33. The van der Waals surface area contributed by atoms with Gasteiger partial charge in [0.2, 0.25) is 5.91 Å². The lowest BCUT2D eigenvalue weighted by atomic mass is 10.0. The Labute approximate surface area is 160 Å². The zero-order valence-electron chi connectivity index (χ0n) is 15.4. The van der Waals surface area contributed by atoms with Crippen LogP contribution in [0.5, 0.6) is 0 Å². The molecule has 0 N–H and O–H groups in total. The fourth-order valence-corrected chi connectivity index (χ4v) is 3.55. The molecule has 2 aromatic rings. The van der Waals surface area contributed by atoms with Crippen molar-refractivity contribution in [2.75, 3.05) is 37.0 Å². The third-order valence-electron chi connectivity index (χ3n) is 4.77. The highest BCUT2D eigenvalue weighted by molar-refractivity contribution is 6.18. The van der Waals surface area contributed by atoms with Gasteiger partial charge in [-0.15, -0.1) is 11.6 Å². The lowest BCUT2D eigenvalue weighted by molar-refractivity contribution is -0.131. The van der Waals surface area contributed by atoms with Crippen molar-refractivity contribution in [2.45, 2.75) is 26.7 Å². The molecular weight excluding hydrogens is 348 g/mol. The average molecular weight is 373 g/mol. The first-order valence-corrected chi connectivity index (χ1v) is 9.58. The van der Waals surface area contributed by atoms with Gasteiger partial charge in [0.15, 0.2) is 0 Å². The number of amides is 1. The van der Waals surface area contributed by atoms with E-state index in [0.29, 0.717) is 25.4 Å². The zero-order chi connectivity index (χ0) is 18.5. The molecule has 1 amide bonds. The monoisotopic (exact) mass is 372 g/mol. The maximum Gasteiger partial charge on any atom is 0.223 e. The van der Waals surface area contributed by atoms with E-state index in [1.165, 1.54) is 11.1 Å². The maximum absolute atomic E-state index is 12.1. The van der Waals surface area contributed by atoms with Gasteiger partial charge >= 0.3 is 0 Å². The molecule has 0 unspecified atom stereocenters. The molecule has 1 fully saturated rings. The summed E-state index contributed by atoms with van der Waals surface area (Å²) in [5, 5.41) is 0. The van der Waals surface area contributed by atoms with Crippen LogP contribution in [0.2, 0.25) is 0 Å². The second-order valence-corrected chi connectivity index (χ2v) is 7.01. The Bertz CT molecular complexity index is 758. The highest BCUT2D eigenvalue weighted by Crippen LogP contribution is 2.25. The van der Waals surface area contributed by atoms with Crippen LogP contribution in [-0.4, -0.2) is 52.8 Å². The van der Waals surface area contributed by atoms with Crippen LogP contribution in [0, 0.1) is 13.8 Å². The SMILES string of the molecule is Cc1nc(C)c(Cc2ccccc2)c(N2CCN(C(=O)CCCl)CC2)n1. The van der Waals surface area contributed by atoms with Crippen LogP contribution >= 0.6 is 11.6 Å². The average Bonchev–Trinajstić information content (AvgIpc) is 2.65. The Kier molecular flexibility index (Phi) is 6.09. The molecule has 5 nitrogen and oxygen atoms in total. The van der Waals surface area contributed by atoms with Gasteiger partial charge in [-0.05, 0) is 19.4 Å². The first-order chi connectivity index (χ1) is 12.6. The second kappa shape index (κ2) is 8.49. The Hall–Kier alpha value is -2.14. The minimum absolute atomic E-state index is 0.138. The van der Waals surface area contributed by atoms with Crippen LogP contribution in [0.1, 0.15) is 29.1 Å². The standard InChI is InChI=1S/C20H25ClN4O/c1-15-18(14-17-6-4-3-5-7-17)20(23-16(2)22-15)25-12-10-24(11-13-25)19(26)8-9-21/h3-7H,8-14H2,1-2H3. The molecule has 0 radical (unpaired) electrons. The summed E-state index contributed by atoms with van der Waals surface area (Å²) in [5.74, 6) is 2.31. The van der Waals surface area contributed by atoms with Crippen molar-refractivity contribution in [1.29, 1.82) is 0 Å². The smallest absolute Gasteiger partial charge is 0.223 e. The third-order valence-corrected chi connectivity index (χ3v) is 4.96. The first kappa shape index (κ1) is 18.6. The number of carbonyl (C=O) groups excluding carboxylic acids is 1. The molecule has 1 aromatic carbocycles. The normalized spacial score (nSPS) is 14.6. The Morgan fingerprint density at radius 1 is 1.08 bits per heavy atom. The van der Waals surface area contributed by atoms with Crippen LogP contribution in [0.15, 0.2) is 30.3 Å². The summed E-state index contributed by atoms with van der Waals surface area (Å²) in [4.78, 5) is 25.6. The number of carbonyl (C=O) groups is 1. The molecule has 3 rings (SSSR count). The van der Waals surface area contributed by atoms with E-state index in [2.05, 4.69) is 41.1 Å². The largest absolute Gasteiger partial charge is 0.353 e. The topological polar surface area (TPSA) is 49.3 Å². The van der Waals surface area contributed by atoms with Crippen LogP contribution < -0.4 is 4.90 Å². The van der Waals surface area contributed by atoms with Crippen molar-refractivity contribution >= 4 is 23.3 Å². The van der Waals surface area contributed by atoms with Crippen LogP contribution in [0.25, 0.3) is 0 Å². The van der Waals surface area contributed by atoms with E-state index in [0.717, 1.165) is 36.8 Å². The van der Waals surface area contributed by atoms with Gasteiger partial charge in [0.25, 0.3) is 0 Å². The number of benzene rings is 1. The summed E-state index contributed by atoms with van der Waals surface area (Å²) in [6.07, 6.45) is 1.22. The summed E-state index contributed by atoms with van der Waals surface area (Å²) in [5.41, 5.74) is 3.44. The number of halogens is 1. The number of alkyl halides is 1. The molecule has 0 saturated carbocycles. The van der Waals surface area contributed by atoms with E-state index < -0.39 is 0 Å². The number of rotatable bonds is 5. The molecule has 2 heterocycles. The van der Waals surface area contributed by atoms with Crippen molar-refractivity contribution in [3.8, 4) is 0 Å². The Balaban J connectivity index is 1.80. The first-order valence-electron chi connectivity index (χ1n) is 9.05. The molecule has 6 heteroatoms. The summed E-state index contributed by atoms with van der Waals surface area (Å²) in [6, 6.07) is 10.4. The molecular formula is C20H25ClN4O. The lowest BCUT2D eigenvalue weighted by Gasteiger charge is -2.36. The molecule has 138 valence electrons. The van der Waals surface area contributed by atoms with E-state index in [1.54, 1.807) is 0 Å². The summed E-state index contributed by atoms with van der Waals surface area (Å²) in [6.45, 7) is 6.97. The van der Waals surface area contributed by atoms with E-state index in [9.17, 15) is 4.79 Å². The van der Waals surface area contributed by atoms with Gasteiger partial charge in [-0.1, -0.05) is 30.3 Å². The fourth-order valence-electron chi connectivity index (χ4n) is 3.39. The minimum atomic E-state index is 0.138. The van der Waals surface area contributed by atoms with Gasteiger partial charge in [-0.2, -0.15) is 0 Å². The highest BCUT2D eigenvalue weighted by atomic mass is 35.5. The number of hydrogen-bond donors (Lipinski definition) is 0. The number of aromatic nitrogens is 2. The van der Waals surface area contributed by atoms with Gasteiger partial charge in [0, 0.05) is 56.2 Å². The predicted molar refractivity (Wildman–Crippen MR) is 105 cm³/mol. The van der Waals surface area contributed by atoms with E-state index in [1.807, 2.05) is 17.9 Å². The van der Waals surface area contributed by atoms with Crippen LogP contribution in [0.4, 0.5) is 5.82 Å². The van der Waals surface area contributed by atoms with Crippen LogP contribution in [-0.2, 0) is 11.2 Å². The van der Waals surface area contributed by atoms with Gasteiger partial charge in [0.1, 0.15) is 11.6 Å². The summed E-state index contributed by atoms with van der Waals surface area (Å²) in [7, 11) is 0. The van der Waals surface area contributed by atoms with Gasteiger partial charge in [-0.3, -0.25) is 4.79 Å². The fraction of sp³-hybridized carbons (Fsp3) is 0.450. The van der Waals surface area contributed by atoms with E-state index in [-0.39, 0.29) is 5.91 Å². The molecule has 0 spiro atoms. The lowest BCUT2D eigenvalue weighted by Crippen LogP contribution is -2.49. The minimum Gasteiger partial charge on any atom is -0.353 e. The number of nitrogens with zero attached hydrogens (tertiary/aromatic N) is 4. The highest BCUT2D eigenvalue weighted by Gasteiger charge is 2.24. The van der Waals surface area contributed by atoms with E-state index >= 15 is 0 Å². The van der Waals surface area contributed by atoms with Gasteiger partial charge < -0.3 is 9.80 Å². The predicted octanol–water partition coefficient (Wildman–Crippen LogP) is 2.96. The van der Waals surface area contributed by atoms with E-state index in [4.69, 9.17) is 16.6 Å². The number of aryl methyl sites for hydroxylation is 2. The molecule has 1 saturated heterocycles. The molecule has 1 aromatic heterocycles.